The third-order valence-corrected chi connectivity index (χ3v) is 7.58. The predicted molar refractivity (Wildman–Crippen MR) is 156 cm³/mol. The Bertz CT molecular complexity index is 2480. The third-order valence-electron chi connectivity index (χ3n) is 7.25. The van der Waals surface area contributed by atoms with E-state index < -0.39 is 35.2 Å². The second-order valence-corrected chi connectivity index (χ2v) is 10.2. The number of halogens is 4. The van der Waals surface area contributed by atoms with Gasteiger partial charge in [0.2, 0.25) is 0 Å². The van der Waals surface area contributed by atoms with Gasteiger partial charge in [-0.05, 0) is 54.1 Å². The molecule has 0 fully saturated rings. The maximum Gasteiger partial charge on any atom is 0.337 e. The summed E-state index contributed by atoms with van der Waals surface area (Å²) >= 11 is 6.55. The SMILES string of the molecule is N#Cc1ccc(Cl)c(-c2cc3c(c(=O)n(-c4cnc5ccccn45)c(=O)n3Cc3cc(F)c(F)c(F)c3)c3nccnc23)c1. The zero-order valence-corrected chi connectivity index (χ0v) is 22.9. The minimum atomic E-state index is -1.66. The number of hydrogen-bond acceptors (Lipinski definition) is 6. The van der Waals surface area contributed by atoms with Crippen LogP contribution >= 0.6 is 11.6 Å². The smallest absolute Gasteiger partial charge is 0.288 e. The monoisotopic (exact) mass is 609 g/mol. The van der Waals surface area contributed by atoms with E-state index >= 15 is 0 Å². The fraction of sp³-hybridized carbons (Fsp3) is 0.0323. The van der Waals surface area contributed by atoms with Crippen LogP contribution in [0.25, 0.3) is 44.5 Å². The molecule has 0 aliphatic carbocycles. The van der Waals surface area contributed by atoms with Gasteiger partial charge in [0.1, 0.15) is 17.0 Å². The molecule has 7 rings (SSSR count). The van der Waals surface area contributed by atoms with Gasteiger partial charge in [-0.15, -0.1) is 0 Å². The third kappa shape index (κ3) is 4.13. The van der Waals surface area contributed by atoms with Crippen LogP contribution in [0.4, 0.5) is 13.2 Å². The topological polar surface area (TPSA) is 111 Å². The van der Waals surface area contributed by atoms with Crippen LogP contribution < -0.4 is 11.2 Å². The number of imidazole rings is 1. The van der Waals surface area contributed by atoms with Crippen molar-refractivity contribution >= 4 is 39.2 Å². The number of pyridine rings is 1. The van der Waals surface area contributed by atoms with Crippen molar-refractivity contribution in [2.24, 2.45) is 0 Å². The first-order chi connectivity index (χ1) is 21.3. The minimum Gasteiger partial charge on any atom is -0.288 e. The Morgan fingerprint density at radius 3 is 2.39 bits per heavy atom. The summed E-state index contributed by atoms with van der Waals surface area (Å²) in [6.07, 6.45) is 5.76. The maximum atomic E-state index is 14.3. The molecule has 4 heterocycles. The first-order valence-corrected chi connectivity index (χ1v) is 13.3. The Hall–Kier alpha value is -5.80. The van der Waals surface area contributed by atoms with Crippen LogP contribution in [0.1, 0.15) is 11.1 Å². The zero-order chi connectivity index (χ0) is 30.7. The Labute approximate surface area is 249 Å². The lowest BCUT2D eigenvalue weighted by Crippen LogP contribution is -2.40. The van der Waals surface area contributed by atoms with Crippen molar-refractivity contribution in [2.75, 3.05) is 0 Å². The fourth-order valence-corrected chi connectivity index (χ4v) is 5.51. The molecule has 0 saturated carbocycles. The molecule has 0 aliphatic rings. The van der Waals surface area contributed by atoms with Crippen LogP contribution in [0.15, 0.2) is 89.0 Å². The first kappa shape index (κ1) is 27.1. The highest BCUT2D eigenvalue weighted by Crippen LogP contribution is 2.36. The van der Waals surface area contributed by atoms with Crippen LogP contribution in [0, 0.1) is 28.8 Å². The normalized spacial score (nSPS) is 11.4. The van der Waals surface area contributed by atoms with Gasteiger partial charge in [-0.1, -0.05) is 17.7 Å². The van der Waals surface area contributed by atoms with Gasteiger partial charge >= 0.3 is 5.69 Å². The van der Waals surface area contributed by atoms with Crippen molar-refractivity contribution < 1.29 is 13.2 Å². The standard InChI is InChI=1S/C31H15ClF3N7O2/c32-20-5-4-16(13-36)9-18(20)19-12-23-26(29-28(19)37-6-7-38-29)30(43)42(25-14-39-24-3-1-2-8-40(24)25)31(44)41(23)15-17-10-21(33)27(35)22(34)11-17/h1-12,14H,15H2. The van der Waals surface area contributed by atoms with Gasteiger partial charge in [0.25, 0.3) is 5.56 Å². The number of rotatable bonds is 4. The molecule has 0 saturated heterocycles. The molecule has 9 nitrogen and oxygen atoms in total. The summed E-state index contributed by atoms with van der Waals surface area (Å²) in [5, 5.41) is 9.75. The van der Waals surface area contributed by atoms with Crippen LogP contribution in [0.3, 0.4) is 0 Å². The zero-order valence-electron chi connectivity index (χ0n) is 22.2. The lowest BCUT2D eigenvalue weighted by Gasteiger charge is -2.17. The van der Waals surface area contributed by atoms with Crippen LogP contribution in [0.5, 0.6) is 0 Å². The molecule has 0 aliphatic heterocycles. The van der Waals surface area contributed by atoms with Crippen molar-refractivity contribution in [1.29, 1.82) is 5.26 Å². The summed E-state index contributed by atoms with van der Waals surface area (Å²) in [4.78, 5) is 41.7. The molecule has 4 aromatic heterocycles. The van der Waals surface area contributed by atoms with Crippen molar-refractivity contribution in [3.05, 3.63) is 134 Å². The highest BCUT2D eigenvalue weighted by molar-refractivity contribution is 6.34. The Kier molecular flexibility index (Phi) is 6.26. The molecule has 0 bridgehead atoms. The number of benzene rings is 3. The quantitative estimate of drug-likeness (QED) is 0.195. The number of fused-ring (bicyclic) bond motifs is 4. The molecule has 3 aromatic carbocycles. The molecule has 0 spiro atoms. The summed E-state index contributed by atoms with van der Waals surface area (Å²) in [6.45, 7) is -0.461. The number of aromatic nitrogens is 6. The van der Waals surface area contributed by atoms with Gasteiger partial charge in [0, 0.05) is 34.7 Å². The Morgan fingerprint density at radius 2 is 1.64 bits per heavy atom. The predicted octanol–water partition coefficient (Wildman–Crippen LogP) is 5.40. The van der Waals surface area contributed by atoms with E-state index in [-0.39, 0.29) is 38.3 Å². The number of nitriles is 1. The lowest BCUT2D eigenvalue weighted by molar-refractivity contribution is 0.444. The van der Waals surface area contributed by atoms with E-state index in [4.69, 9.17) is 11.6 Å². The number of hydrogen-bond donors (Lipinski definition) is 0. The molecule has 0 N–H and O–H groups in total. The molecule has 0 atom stereocenters. The Balaban J connectivity index is 1.65. The van der Waals surface area contributed by atoms with E-state index in [9.17, 15) is 28.0 Å². The molecule has 0 unspecified atom stereocenters. The average molecular weight is 610 g/mol. The molecular weight excluding hydrogens is 595 g/mol. The molecule has 13 heteroatoms. The van der Waals surface area contributed by atoms with Gasteiger partial charge in [-0.25, -0.2) is 27.5 Å². The largest absolute Gasteiger partial charge is 0.337 e. The molecule has 0 radical (unpaired) electrons. The van der Waals surface area contributed by atoms with E-state index in [0.29, 0.717) is 22.3 Å². The van der Waals surface area contributed by atoms with E-state index in [1.54, 1.807) is 24.4 Å². The van der Waals surface area contributed by atoms with Crippen molar-refractivity contribution in [3.8, 4) is 23.0 Å². The fourth-order valence-electron chi connectivity index (χ4n) is 5.29. The average Bonchev–Trinajstić information content (AvgIpc) is 3.45. The number of nitrogens with zero attached hydrogens (tertiary/aromatic N) is 7. The highest BCUT2D eigenvalue weighted by Gasteiger charge is 2.24. The maximum absolute atomic E-state index is 14.3. The second-order valence-electron chi connectivity index (χ2n) is 9.81. The lowest BCUT2D eigenvalue weighted by atomic mass is 9.99. The van der Waals surface area contributed by atoms with Crippen LogP contribution in [-0.4, -0.2) is 28.5 Å². The highest BCUT2D eigenvalue weighted by atomic mass is 35.5. The Morgan fingerprint density at radius 1 is 0.886 bits per heavy atom. The van der Waals surface area contributed by atoms with E-state index in [1.165, 1.54) is 47.3 Å². The molecule has 7 aromatic rings. The van der Waals surface area contributed by atoms with Crippen molar-refractivity contribution in [3.63, 3.8) is 0 Å². The van der Waals surface area contributed by atoms with Crippen molar-refractivity contribution in [1.82, 2.24) is 28.5 Å². The molecule has 44 heavy (non-hydrogen) atoms. The first-order valence-electron chi connectivity index (χ1n) is 13.0. The van der Waals surface area contributed by atoms with Gasteiger partial charge < -0.3 is 0 Å². The van der Waals surface area contributed by atoms with E-state index in [2.05, 4.69) is 21.0 Å². The summed E-state index contributed by atoms with van der Waals surface area (Å²) in [6, 6.07) is 14.8. The van der Waals surface area contributed by atoms with Gasteiger partial charge in [0.05, 0.1) is 40.8 Å². The molecular formula is C31H15ClF3N7O2. The second kappa shape index (κ2) is 10.2. The van der Waals surface area contributed by atoms with E-state index in [0.717, 1.165) is 21.3 Å². The summed E-state index contributed by atoms with van der Waals surface area (Å²) in [5.74, 6) is -4.43. The van der Waals surface area contributed by atoms with Gasteiger partial charge in [-0.2, -0.15) is 5.26 Å². The van der Waals surface area contributed by atoms with Gasteiger partial charge in [0.15, 0.2) is 17.5 Å². The summed E-state index contributed by atoms with van der Waals surface area (Å²) in [5.41, 5.74) is 0.159. The van der Waals surface area contributed by atoms with E-state index in [1.807, 2.05) is 0 Å². The summed E-state index contributed by atoms with van der Waals surface area (Å²) in [7, 11) is 0. The van der Waals surface area contributed by atoms with Gasteiger partial charge in [-0.3, -0.25) is 23.7 Å². The summed E-state index contributed by atoms with van der Waals surface area (Å²) < 4.78 is 45.9. The van der Waals surface area contributed by atoms with Crippen molar-refractivity contribution in [2.45, 2.75) is 6.54 Å². The van der Waals surface area contributed by atoms with Crippen LogP contribution in [-0.2, 0) is 6.54 Å². The molecule has 0 amide bonds. The molecule has 214 valence electrons. The van der Waals surface area contributed by atoms with Crippen LogP contribution in [0.2, 0.25) is 5.02 Å². The minimum absolute atomic E-state index is 0.0297.